The van der Waals surface area contributed by atoms with Crippen LogP contribution in [-0.4, -0.2) is 23.1 Å². The molecule has 0 atom stereocenters. The van der Waals surface area contributed by atoms with Crippen molar-refractivity contribution < 1.29 is 9.66 Å². The Labute approximate surface area is 89.1 Å². The van der Waals surface area contributed by atoms with Crippen LogP contribution in [0.3, 0.4) is 0 Å². The van der Waals surface area contributed by atoms with E-state index < -0.39 is 4.92 Å². The first-order valence-corrected chi connectivity index (χ1v) is 4.87. The van der Waals surface area contributed by atoms with Crippen molar-refractivity contribution in [2.45, 2.75) is 20.3 Å². The van der Waals surface area contributed by atoms with Crippen molar-refractivity contribution in [2.24, 2.45) is 5.92 Å². The highest BCUT2D eigenvalue weighted by Gasteiger charge is 2.02. The average molecular weight is 217 g/mol. The highest BCUT2D eigenvalue weighted by atomic mass is 32.1. The SMILES string of the molecule is CC(C)/C=C/COC(=S)CC[N+](=O)[O-]. The summed E-state index contributed by atoms with van der Waals surface area (Å²) in [5, 5.41) is 10.3. The molecule has 0 rings (SSSR count). The molecule has 0 fully saturated rings. The van der Waals surface area contributed by atoms with Crippen molar-refractivity contribution in [3.63, 3.8) is 0 Å². The molecule has 0 aromatic carbocycles. The number of rotatable bonds is 6. The molecule has 4 nitrogen and oxygen atoms in total. The first-order chi connectivity index (χ1) is 6.52. The summed E-state index contributed by atoms with van der Waals surface area (Å²) in [5.74, 6) is 0.478. The standard InChI is InChI=1S/C9H15NO3S/c1-8(2)4-3-7-13-9(14)5-6-10(11)12/h3-4,8H,5-7H2,1-2H3/b4-3+. The van der Waals surface area contributed by atoms with E-state index in [4.69, 9.17) is 17.0 Å². The van der Waals surface area contributed by atoms with Gasteiger partial charge in [0.1, 0.15) is 6.61 Å². The molecule has 0 N–H and O–H groups in total. The van der Waals surface area contributed by atoms with Gasteiger partial charge in [-0.1, -0.05) is 26.0 Å². The van der Waals surface area contributed by atoms with E-state index in [0.717, 1.165) is 0 Å². The summed E-state index contributed by atoms with van der Waals surface area (Å²) >= 11 is 4.79. The highest BCUT2D eigenvalue weighted by molar-refractivity contribution is 7.80. The average Bonchev–Trinajstić information content (AvgIpc) is 2.08. The van der Waals surface area contributed by atoms with Crippen LogP contribution in [-0.2, 0) is 4.74 Å². The molecule has 80 valence electrons. The van der Waals surface area contributed by atoms with Crippen LogP contribution in [0.1, 0.15) is 20.3 Å². The number of hydrogen-bond acceptors (Lipinski definition) is 4. The van der Waals surface area contributed by atoms with Gasteiger partial charge in [0.25, 0.3) is 0 Å². The van der Waals surface area contributed by atoms with Gasteiger partial charge in [0.05, 0.1) is 6.42 Å². The number of hydrogen-bond donors (Lipinski definition) is 0. The monoisotopic (exact) mass is 217 g/mol. The second-order valence-electron chi connectivity index (χ2n) is 3.16. The number of ether oxygens (including phenoxy) is 1. The van der Waals surface area contributed by atoms with Gasteiger partial charge in [-0.15, -0.1) is 0 Å². The van der Waals surface area contributed by atoms with Gasteiger partial charge in [-0.05, 0) is 18.1 Å². The van der Waals surface area contributed by atoms with Gasteiger partial charge in [0.15, 0.2) is 5.05 Å². The van der Waals surface area contributed by atoms with E-state index in [-0.39, 0.29) is 13.0 Å². The second kappa shape index (κ2) is 7.44. The van der Waals surface area contributed by atoms with Gasteiger partial charge in [-0.3, -0.25) is 10.1 Å². The Morgan fingerprint density at radius 3 is 2.79 bits per heavy atom. The normalized spacial score (nSPS) is 10.8. The number of nitrogens with zero attached hydrogens (tertiary/aromatic N) is 1. The van der Waals surface area contributed by atoms with Crippen LogP contribution >= 0.6 is 12.2 Å². The van der Waals surface area contributed by atoms with Crippen LogP contribution < -0.4 is 0 Å². The van der Waals surface area contributed by atoms with Gasteiger partial charge >= 0.3 is 0 Å². The zero-order valence-corrected chi connectivity index (χ0v) is 9.25. The van der Waals surface area contributed by atoms with Crippen LogP contribution in [0.2, 0.25) is 0 Å². The molecule has 0 radical (unpaired) electrons. The molecular formula is C9H15NO3S. The fourth-order valence-electron chi connectivity index (χ4n) is 0.724. The predicted octanol–water partition coefficient (Wildman–Crippen LogP) is 2.21. The van der Waals surface area contributed by atoms with E-state index in [1.54, 1.807) is 0 Å². The van der Waals surface area contributed by atoms with E-state index in [2.05, 4.69) is 13.8 Å². The van der Waals surface area contributed by atoms with E-state index in [9.17, 15) is 10.1 Å². The van der Waals surface area contributed by atoms with Gasteiger partial charge in [0, 0.05) is 4.92 Å². The van der Waals surface area contributed by atoms with Crippen LogP contribution in [0.5, 0.6) is 0 Å². The lowest BCUT2D eigenvalue weighted by molar-refractivity contribution is -0.478. The molecule has 0 unspecified atom stereocenters. The smallest absolute Gasteiger partial charge is 0.211 e. The van der Waals surface area contributed by atoms with Crippen LogP contribution in [0, 0.1) is 16.0 Å². The summed E-state index contributed by atoms with van der Waals surface area (Å²) in [5.41, 5.74) is 0. The molecule has 0 aliphatic rings. The van der Waals surface area contributed by atoms with E-state index in [1.807, 2.05) is 12.2 Å². The van der Waals surface area contributed by atoms with Crippen molar-refractivity contribution in [2.75, 3.05) is 13.2 Å². The maximum absolute atomic E-state index is 10.00. The first kappa shape index (κ1) is 13.0. The molecule has 0 amide bonds. The highest BCUT2D eigenvalue weighted by Crippen LogP contribution is 1.95. The Balaban J connectivity index is 3.49. The van der Waals surface area contributed by atoms with Crippen molar-refractivity contribution in [3.05, 3.63) is 22.3 Å². The largest absolute Gasteiger partial charge is 0.483 e. The molecule has 0 spiro atoms. The third-order valence-electron chi connectivity index (χ3n) is 1.36. The molecule has 0 aromatic heterocycles. The maximum atomic E-state index is 10.00. The summed E-state index contributed by atoms with van der Waals surface area (Å²) in [7, 11) is 0. The number of nitro groups is 1. The Morgan fingerprint density at radius 2 is 2.29 bits per heavy atom. The number of thiocarbonyl (C=S) groups is 1. The summed E-state index contributed by atoms with van der Waals surface area (Å²) in [6, 6.07) is 0. The maximum Gasteiger partial charge on any atom is 0.211 e. The Hall–Kier alpha value is -0.970. The van der Waals surface area contributed by atoms with Crippen LogP contribution in [0.25, 0.3) is 0 Å². The summed E-state index contributed by atoms with van der Waals surface area (Å²) in [6.45, 7) is 4.35. The molecule has 0 aliphatic heterocycles. The molecule has 0 saturated heterocycles. The van der Waals surface area contributed by atoms with E-state index in [1.165, 1.54) is 0 Å². The van der Waals surface area contributed by atoms with Gasteiger partial charge in [-0.2, -0.15) is 0 Å². The first-order valence-electron chi connectivity index (χ1n) is 4.46. The summed E-state index contributed by atoms with van der Waals surface area (Å²) in [4.78, 5) is 9.60. The molecule has 0 aromatic rings. The van der Waals surface area contributed by atoms with Crippen LogP contribution in [0.15, 0.2) is 12.2 Å². The van der Waals surface area contributed by atoms with E-state index >= 15 is 0 Å². The third-order valence-corrected chi connectivity index (χ3v) is 1.68. The van der Waals surface area contributed by atoms with Gasteiger partial charge < -0.3 is 4.74 Å². The van der Waals surface area contributed by atoms with Crippen LogP contribution in [0.4, 0.5) is 0 Å². The summed E-state index contributed by atoms with van der Waals surface area (Å²) < 4.78 is 5.08. The molecule has 0 aliphatic carbocycles. The quantitative estimate of drug-likeness (QED) is 0.296. The predicted molar refractivity (Wildman–Crippen MR) is 59.0 cm³/mol. The van der Waals surface area contributed by atoms with Gasteiger partial charge in [0.2, 0.25) is 6.54 Å². The Kier molecular flexibility index (Phi) is 6.92. The fourth-order valence-corrected chi connectivity index (χ4v) is 0.883. The third kappa shape index (κ3) is 9.12. The second-order valence-corrected chi connectivity index (χ2v) is 3.62. The molecule has 5 heteroatoms. The molecular weight excluding hydrogens is 202 g/mol. The van der Waals surface area contributed by atoms with Gasteiger partial charge in [-0.25, -0.2) is 0 Å². The molecule has 0 heterocycles. The molecule has 14 heavy (non-hydrogen) atoms. The minimum absolute atomic E-state index is 0.160. The van der Waals surface area contributed by atoms with Crippen molar-refractivity contribution in [3.8, 4) is 0 Å². The summed E-state index contributed by atoms with van der Waals surface area (Å²) in [6.07, 6.45) is 4.07. The minimum atomic E-state index is -0.403. The lowest BCUT2D eigenvalue weighted by Gasteiger charge is -2.02. The zero-order valence-electron chi connectivity index (χ0n) is 8.43. The lowest BCUT2D eigenvalue weighted by Crippen LogP contribution is -2.09. The van der Waals surface area contributed by atoms with Crippen molar-refractivity contribution >= 4 is 17.3 Å². The number of allylic oxidation sites excluding steroid dienone is 1. The molecule has 0 saturated carbocycles. The van der Waals surface area contributed by atoms with Crippen molar-refractivity contribution in [1.29, 1.82) is 0 Å². The zero-order chi connectivity index (χ0) is 11.0. The van der Waals surface area contributed by atoms with Crippen molar-refractivity contribution in [1.82, 2.24) is 0 Å². The Bertz CT molecular complexity index is 226. The minimum Gasteiger partial charge on any atom is -0.483 e. The lowest BCUT2D eigenvalue weighted by atomic mass is 10.2. The topological polar surface area (TPSA) is 52.4 Å². The Morgan fingerprint density at radius 1 is 1.64 bits per heavy atom. The molecule has 0 bridgehead atoms. The van der Waals surface area contributed by atoms with E-state index in [0.29, 0.717) is 17.6 Å². The fraction of sp³-hybridized carbons (Fsp3) is 0.667.